The van der Waals surface area contributed by atoms with Gasteiger partial charge in [-0.25, -0.2) is 0 Å². The molecular formula is C11H17N3O2. The predicted molar refractivity (Wildman–Crippen MR) is 57.0 cm³/mol. The van der Waals surface area contributed by atoms with E-state index in [-0.39, 0.29) is 12.0 Å². The zero-order valence-electron chi connectivity index (χ0n) is 9.43. The summed E-state index contributed by atoms with van der Waals surface area (Å²) in [6, 6.07) is 0.0821. The van der Waals surface area contributed by atoms with Gasteiger partial charge in [0, 0.05) is 18.6 Å². The van der Waals surface area contributed by atoms with E-state index in [2.05, 4.69) is 17.1 Å². The maximum atomic E-state index is 6.03. The second kappa shape index (κ2) is 3.82. The highest BCUT2D eigenvalue weighted by Gasteiger charge is 2.39. The Morgan fingerprint density at radius 2 is 2.19 bits per heavy atom. The minimum Gasteiger partial charge on any atom is -0.381 e. The lowest BCUT2D eigenvalue weighted by Crippen LogP contribution is -2.37. The molecule has 16 heavy (non-hydrogen) atoms. The van der Waals surface area contributed by atoms with Gasteiger partial charge in [-0.05, 0) is 18.8 Å². The molecule has 4 unspecified atom stereocenters. The SMILES string of the molecule is CC1CC1c1noc(C2COCCC2N)n1. The average Bonchev–Trinajstić information content (AvgIpc) is 2.82. The molecule has 1 aromatic rings. The summed E-state index contributed by atoms with van der Waals surface area (Å²) in [5.41, 5.74) is 6.03. The van der Waals surface area contributed by atoms with Gasteiger partial charge in [0.1, 0.15) is 0 Å². The van der Waals surface area contributed by atoms with Gasteiger partial charge in [-0.2, -0.15) is 4.98 Å². The van der Waals surface area contributed by atoms with Gasteiger partial charge in [-0.3, -0.25) is 0 Å². The first-order valence-corrected chi connectivity index (χ1v) is 5.92. The first-order valence-electron chi connectivity index (χ1n) is 5.92. The predicted octanol–water partition coefficient (Wildman–Crippen LogP) is 1.02. The number of nitrogens with zero attached hydrogens (tertiary/aromatic N) is 2. The van der Waals surface area contributed by atoms with Gasteiger partial charge < -0.3 is 15.0 Å². The summed E-state index contributed by atoms with van der Waals surface area (Å²) in [5.74, 6) is 2.77. The Balaban J connectivity index is 1.75. The molecule has 5 heteroatoms. The van der Waals surface area contributed by atoms with Crippen LogP contribution in [0.2, 0.25) is 0 Å². The molecule has 4 atom stereocenters. The van der Waals surface area contributed by atoms with Gasteiger partial charge in [0.05, 0.1) is 12.5 Å². The zero-order chi connectivity index (χ0) is 11.1. The van der Waals surface area contributed by atoms with Crippen LogP contribution in [0.5, 0.6) is 0 Å². The van der Waals surface area contributed by atoms with Crippen LogP contribution >= 0.6 is 0 Å². The molecule has 2 N–H and O–H groups in total. The van der Waals surface area contributed by atoms with E-state index in [0.29, 0.717) is 24.3 Å². The van der Waals surface area contributed by atoms with Crippen molar-refractivity contribution in [1.82, 2.24) is 10.1 Å². The third-order valence-corrected chi connectivity index (χ3v) is 3.63. The van der Waals surface area contributed by atoms with E-state index in [4.69, 9.17) is 15.0 Å². The maximum Gasteiger partial charge on any atom is 0.233 e. The van der Waals surface area contributed by atoms with Crippen molar-refractivity contribution >= 4 is 0 Å². The lowest BCUT2D eigenvalue weighted by molar-refractivity contribution is 0.0590. The van der Waals surface area contributed by atoms with E-state index >= 15 is 0 Å². The number of aromatic nitrogens is 2. The molecule has 1 saturated carbocycles. The molecule has 1 aliphatic heterocycles. The summed E-state index contributed by atoms with van der Waals surface area (Å²) in [6.07, 6.45) is 2.04. The van der Waals surface area contributed by atoms with Crippen LogP contribution < -0.4 is 5.73 Å². The minimum atomic E-state index is 0.0732. The third kappa shape index (κ3) is 1.74. The van der Waals surface area contributed by atoms with E-state index in [1.165, 1.54) is 6.42 Å². The fourth-order valence-electron chi connectivity index (χ4n) is 2.24. The van der Waals surface area contributed by atoms with Crippen molar-refractivity contribution in [1.29, 1.82) is 0 Å². The number of hydrogen-bond acceptors (Lipinski definition) is 5. The second-order valence-corrected chi connectivity index (χ2v) is 4.94. The van der Waals surface area contributed by atoms with E-state index in [1.807, 2.05) is 0 Å². The first kappa shape index (κ1) is 10.2. The maximum absolute atomic E-state index is 6.03. The number of rotatable bonds is 2. The van der Waals surface area contributed by atoms with Gasteiger partial charge in [0.2, 0.25) is 5.89 Å². The van der Waals surface area contributed by atoms with Crippen LogP contribution in [0, 0.1) is 5.92 Å². The van der Waals surface area contributed by atoms with E-state index < -0.39 is 0 Å². The van der Waals surface area contributed by atoms with Crippen molar-refractivity contribution in [2.24, 2.45) is 11.7 Å². The Bertz CT molecular complexity index is 379. The quantitative estimate of drug-likeness (QED) is 0.810. The first-order chi connectivity index (χ1) is 7.75. The molecule has 1 aromatic heterocycles. The molecule has 2 aliphatic rings. The van der Waals surface area contributed by atoms with Gasteiger partial charge in [0.15, 0.2) is 5.82 Å². The molecule has 0 radical (unpaired) electrons. The molecule has 1 aliphatic carbocycles. The van der Waals surface area contributed by atoms with Gasteiger partial charge in [-0.1, -0.05) is 12.1 Å². The second-order valence-electron chi connectivity index (χ2n) is 4.94. The van der Waals surface area contributed by atoms with Crippen LogP contribution in [0.15, 0.2) is 4.52 Å². The summed E-state index contributed by atoms with van der Waals surface area (Å²) in [7, 11) is 0. The molecular weight excluding hydrogens is 206 g/mol. The molecule has 5 nitrogen and oxygen atoms in total. The lowest BCUT2D eigenvalue weighted by Gasteiger charge is -2.25. The molecule has 0 amide bonds. The normalized spacial score (nSPS) is 38.6. The average molecular weight is 223 g/mol. The fourth-order valence-corrected chi connectivity index (χ4v) is 2.24. The highest BCUT2D eigenvalue weighted by atomic mass is 16.5. The van der Waals surface area contributed by atoms with Gasteiger partial charge in [0.25, 0.3) is 0 Å². The molecule has 88 valence electrons. The summed E-state index contributed by atoms with van der Waals surface area (Å²) in [5, 5.41) is 4.04. The number of nitrogens with two attached hydrogens (primary N) is 1. The lowest BCUT2D eigenvalue weighted by atomic mass is 9.97. The Hall–Kier alpha value is -0.940. The summed E-state index contributed by atoms with van der Waals surface area (Å²) < 4.78 is 10.7. The Labute approximate surface area is 94.3 Å². The fraction of sp³-hybridized carbons (Fsp3) is 0.818. The molecule has 1 saturated heterocycles. The number of hydrogen-bond donors (Lipinski definition) is 1. The standard InChI is InChI=1S/C11H17N3O2/c1-6-4-7(6)10-13-11(16-14-10)8-5-15-3-2-9(8)12/h6-9H,2-5,12H2,1H3. The van der Waals surface area contributed by atoms with Crippen LogP contribution in [0.25, 0.3) is 0 Å². The molecule has 0 spiro atoms. The van der Waals surface area contributed by atoms with Crippen molar-refractivity contribution < 1.29 is 9.26 Å². The van der Waals surface area contributed by atoms with Gasteiger partial charge in [-0.15, -0.1) is 0 Å². The van der Waals surface area contributed by atoms with Crippen LogP contribution in [0.3, 0.4) is 0 Å². The van der Waals surface area contributed by atoms with E-state index in [9.17, 15) is 0 Å². The van der Waals surface area contributed by atoms with Gasteiger partial charge >= 0.3 is 0 Å². The summed E-state index contributed by atoms with van der Waals surface area (Å²) in [6.45, 7) is 3.54. The Kier molecular flexibility index (Phi) is 2.44. The van der Waals surface area contributed by atoms with Crippen molar-refractivity contribution in [2.45, 2.75) is 37.6 Å². The smallest absolute Gasteiger partial charge is 0.233 e. The monoisotopic (exact) mass is 223 g/mol. The Morgan fingerprint density at radius 1 is 1.38 bits per heavy atom. The minimum absolute atomic E-state index is 0.0732. The van der Waals surface area contributed by atoms with Crippen LogP contribution in [-0.4, -0.2) is 29.4 Å². The van der Waals surface area contributed by atoms with Crippen molar-refractivity contribution in [2.75, 3.05) is 13.2 Å². The van der Waals surface area contributed by atoms with E-state index in [1.54, 1.807) is 0 Å². The third-order valence-electron chi connectivity index (χ3n) is 3.63. The highest BCUT2D eigenvalue weighted by molar-refractivity contribution is 5.10. The zero-order valence-corrected chi connectivity index (χ0v) is 9.43. The topological polar surface area (TPSA) is 74.2 Å². The highest BCUT2D eigenvalue weighted by Crippen LogP contribution is 2.45. The van der Waals surface area contributed by atoms with Crippen molar-refractivity contribution in [3.63, 3.8) is 0 Å². The van der Waals surface area contributed by atoms with Crippen LogP contribution in [0.1, 0.15) is 43.3 Å². The number of ether oxygens (including phenoxy) is 1. The molecule has 0 aromatic carbocycles. The summed E-state index contributed by atoms with van der Waals surface area (Å²) >= 11 is 0. The van der Waals surface area contributed by atoms with Crippen LogP contribution in [-0.2, 0) is 4.74 Å². The van der Waals surface area contributed by atoms with E-state index in [0.717, 1.165) is 18.9 Å². The largest absolute Gasteiger partial charge is 0.381 e. The molecule has 2 heterocycles. The Morgan fingerprint density at radius 3 is 2.88 bits per heavy atom. The van der Waals surface area contributed by atoms with Crippen LogP contribution in [0.4, 0.5) is 0 Å². The molecule has 3 rings (SSSR count). The van der Waals surface area contributed by atoms with Crippen molar-refractivity contribution in [3.05, 3.63) is 11.7 Å². The molecule has 0 bridgehead atoms. The van der Waals surface area contributed by atoms with Crippen molar-refractivity contribution in [3.8, 4) is 0 Å². The molecule has 2 fully saturated rings. The summed E-state index contributed by atoms with van der Waals surface area (Å²) in [4.78, 5) is 4.46.